The van der Waals surface area contributed by atoms with E-state index in [0.717, 1.165) is 0 Å². The van der Waals surface area contributed by atoms with Gasteiger partial charge in [-0.2, -0.15) is 0 Å². The van der Waals surface area contributed by atoms with Crippen molar-refractivity contribution in [2.45, 2.75) is 12.5 Å². The number of rotatable bonds is 3. The topological polar surface area (TPSA) is 81.1 Å². The van der Waals surface area contributed by atoms with Crippen LogP contribution in [0.1, 0.15) is 5.69 Å². The number of aromatic nitrogens is 2. The van der Waals surface area contributed by atoms with Gasteiger partial charge in [0.15, 0.2) is 0 Å². The zero-order valence-corrected chi connectivity index (χ0v) is 7.11. The van der Waals surface area contributed by atoms with Crippen LogP contribution < -0.4 is 5.73 Å². The van der Waals surface area contributed by atoms with Gasteiger partial charge >= 0.3 is 5.97 Å². The Hall–Kier alpha value is -1.01. The summed E-state index contributed by atoms with van der Waals surface area (Å²) < 4.78 is 1.45. The number of carbonyl (C=O) groups is 1. The summed E-state index contributed by atoms with van der Waals surface area (Å²) in [5.41, 5.74) is 5.99. The largest absolute Gasteiger partial charge is 0.480 e. The Bertz CT molecular complexity index is 286. The average Bonchev–Trinajstić information content (AvgIpc) is 2.36. The average molecular weight is 187 g/mol. The van der Waals surface area contributed by atoms with Gasteiger partial charge in [0.05, 0.1) is 5.69 Å². The lowest BCUT2D eigenvalue weighted by Crippen LogP contribution is -2.32. The predicted octanol–water partition coefficient (Wildman–Crippen LogP) is -0.470. The van der Waals surface area contributed by atoms with E-state index in [-0.39, 0.29) is 6.42 Å². The molecule has 5 nitrogen and oxygen atoms in total. The number of carboxylic acids is 1. The highest BCUT2D eigenvalue weighted by molar-refractivity contribution is 7.78. The van der Waals surface area contributed by atoms with Crippen molar-refractivity contribution in [2.75, 3.05) is 0 Å². The molecule has 0 spiro atoms. The zero-order valence-electron chi connectivity index (χ0n) is 6.21. The molecule has 1 aromatic rings. The second-order valence-corrected chi connectivity index (χ2v) is 2.81. The van der Waals surface area contributed by atoms with Crippen molar-refractivity contribution in [3.63, 3.8) is 0 Å². The highest BCUT2D eigenvalue weighted by Gasteiger charge is 2.13. The molecule has 0 fully saturated rings. The highest BCUT2D eigenvalue weighted by atomic mass is 32.1. The molecule has 0 aromatic carbocycles. The minimum atomic E-state index is -1.02. The van der Waals surface area contributed by atoms with Gasteiger partial charge in [0.2, 0.25) is 0 Å². The van der Waals surface area contributed by atoms with Gasteiger partial charge < -0.3 is 10.8 Å². The molecule has 0 aliphatic rings. The first-order chi connectivity index (χ1) is 5.61. The molecule has 1 rings (SSSR count). The molecule has 6 heteroatoms. The van der Waals surface area contributed by atoms with Gasteiger partial charge in [-0.1, -0.05) is 12.8 Å². The molecular weight excluding hydrogens is 178 g/mol. The minimum absolute atomic E-state index is 0.235. The van der Waals surface area contributed by atoms with Crippen molar-refractivity contribution in [3.8, 4) is 0 Å². The number of nitrogens with zero attached hydrogens (tertiary/aromatic N) is 2. The second kappa shape index (κ2) is 3.59. The third-order valence-corrected chi connectivity index (χ3v) is 1.80. The van der Waals surface area contributed by atoms with Crippen molar-refractivity contribution in [2.24, 2.45) is 5.73 Å². The van der Waals surface area contributed by atoms with Crippen molar-refractivity contribution in [1.82, 2.24) is 8.96 Å². The van der Waals surface area contributed by atoms with E-state index in [9.17, 15) is 4.79 Å². The van der Waals surface area contributed by atoms with Crippen LogP contribution in [0.25, 0.3) is 0 Å². The molecule has 0 aliphatic heterocycles. The Morgan fingerprint density at radius 1 is 1.92 bits per heavy atom. The molecule has 1 atom stereocenters. The standard InChI is InChI=1S/C6H9N3O2S/c7-5(6(10)11)1-4-2-8-3-9(4)12/h2-3,5,12H,1,7H2,(H,10,11)/t5-/m0/s1. The van der Waals surface area contributed by atoms with E-state index in [0.29, 0.717) is 5.69 Å². The minimum Gasteiger partial charge on any atom is -0.480 e. The quantitative estimate of drug-likeness (QED) is 0.559. The molecule has 0 radical (unpaired) electrons. The van der Waals surface area contributed by atoms with E-state index >= 15 is 0 Å². The van der Waals surface area contributed by atoms with Gasteiger partial charge in [-0.3, -0.25) is 8.77 Å². The fourth-order valence-corrected chi connectivity index (χ4v) is 0.968. The molecule has 1 aromatic heterocycles. The Morgan fingerprint density at radius 2 is 2.58 bits per heavy atom. The van der Waals surface area contributed by atoms with Crippen molar-refractivity contribution < 1.29 is 9.90 Å². The van der Waals surface area contributed by atoms with E-state index in [1.54, 1.807) is 0 Å². The molecule has 0 aliphatic carbocycles. The van der Waals surface area contributed by atoms with Gasteiger partial charge in [0.25, 0.3) is 0 Å². The molecule has 1 heterocycles. The highest BCUT2D eigenvalue weighted by Crippen LogP contribution is 2.03. The summed E-state index contributed by atoms with van der Waals surface area (Å²) in [6.07, 6.45) is 3.25. The van der Waals surface area contributed by atoms with Gasteiger partial charge in [-0.05, 0) is 0 Å². The number of aliphatic carboxylic acids is 1. The molecule has 3 N–H and O–H groups in total. The van der Waals surface area contributed by atoms with E-state index in [1.807, 2.05) is 0 Å². The van der Waals surface area contributed by atoms with Crippen LogP contribution in [0.3, 0.4) is 0 Å². The van der Waals surface area contributed by atoms with Crippen LogP contribution in [0.2, 0.25) is 0 Å². The van der Waals surface area contributed by atoms with E-state index in [1.165, 1.54) is 16.5 Å². The van der Waals surface area contributed by atoms with Crippen LogP contribution >= 0.6 is 12.8 Å². The van der Waals surface area contributed by atoms with Crippen LogP contribution in [0.4, 0.5) is 0 Å². The van der Waals surface area contributed by atoms with Gasteiger partial charge in [0, 0.05) is 12.6 Å². The van der Waals surface area contributed by atoms with Gasteiger partial charge in [-0.15, -0.1) is 0 Å². The first kappa shape index (κ1) is 9.08. The van der Waals surface area contributed by atoms with Crippen LogP contribution in [0.15, 0.2) is 12.5 Å². The molecule has 0 bridgehead atoms. The molecule has 12 heavy (non-hydrogen) atoms. The van der Waals surface area contributed by atoms with E-state index < -0.39 is 12.0 Å². The normalized spacial score (nSPS) is 12.8. The zero-order chi connectivity index (χ0) is 9.14. The maximum Gasteiger partial charge on any atom is 0.320 e. The molecule has 0 saturated carbocycles. The number of thiol groups is 1. The fourth-order valence-electron chi connectivity index (χ4n) is 0.775. The maximum atomic E-state index is 10.4. The SMILES string of the molecule is N[C@@H](Cc1cncn1S)C(=O)O. The Kier molecular flexibility index (Phi) is 2.72. The summed E-state index contributed by atoms with van der Waals surface area (Å²) in [6, 6.07) is -0.896. The Labute approximate surface area is 74.8 Å². The van der Waals surface area contributed by atoms with Crippen molar-refractivity contribution >= 4 is 18.8 Å². The van der Waals surface area contributed by atoms with Crippen LogP contribution in [0, 0.1) is 0 Å². The fraction of sp³-hybridized carbons (Fsp3) is 0.333. The number of carboxylic acid groups (broad SMARTS) is 1. The summed E-state index contributed by atoms with van der Waals surface area (Å²) in [5.74, 6) is -1.02. The monoisotopic (exact) mass is 187 g/mol. The second-order valence-electron chi connectivity index (χ2n) is 2.38. The molecular formula is C6H9N3O2S. The predicted molar refractivity (Wildman–Crippen MR) is 45.9 cm³/mol. The third-order valence-electron chi connectivity index (χ3n) is 1.44. The van der Waals surface area contributed by atoms with E-state index in [4.69, 9.17) is 10.8 Å². The number of hydrogen-bond acceptors (Lipinski definition) is 4. The lowest BCUT2D eigenvalue weighted by atomic mass is 10.2. The summed E-state index contributed by atoms with van der Waals surface area (Å²) in [4.78, 5) is 14.1. The summed E-state index contributed by atoms with van der Waals surface area (Å²) in [5, 5.41) is 8.49. The maximum absolute atomic E-state index is 10.4. The molecule has 66 valence electrons. The summed E-state index contributed by atoms with van der Waals surface area (Å²) in [7, 11) is 0. The lowest BCUT2D eigenvalue weighted by Gasteiger charge is -2.04. The molecule has 0 amide bonds. The van der Waals surface area contributed by atoms with Gasteiger partial charge in [0.1, 0.15) is 12.4 Å². The smallest absolute Gasteiger partial charge is 0.320 e. The number of nitrogens with two attached hydrogens (primary N) is 1. The first-order valence-electron chi connectivity index (χ1n) is 3.30. The first-order valence-corrected chi connectivity index (χ1v) is 3.70. The molecule has 0 unspecified atom stereocenters. The lowest BCUT2D eigenvalue weighted by molar-refractivity contribution is -0.138. The van der Waals surface area contributed by atoms with Crippen LogP contribution in [-0.4, -0.2) is 26.1 Å². The van der Waals surface area contributed by atoms with Crippen molar-refractivity contribution in [1.29, 1.82) is 0 Å². The summed E-state index contributed by atoms with van der Waals surface area (Å²) >= 11 is 4.00. The number of hydrogen-bond donors (Lipinski definition) is 3. The third kappa shape index (κ3) is 1.99. The Balaban J connectivity index is 2.64. The molecule has 0 saturated heterocycles. The summed E-state index contributed by atoms with van der Waals surface area (Å²) in [6.45, 7) is 0. The van der Waals surface area contributed by atoms with Crippen LogP contribution in [-0.2, 0) is 11.2 Å². The number of imidazole rings is 1. The van der Waals surface area contributed by atoms with Gasteiger partial charge in [-0.25, -0.2) is 4.98 Å². The Morgan fingerprint density at radius 3 is 3.00 bits per heavy atom. The van der Waals surface area contributed by atoms with E-state index in [2.05, 4.69) is 17.8 Å². The van der Waals surface area contributed by atoms with Crippen molar-refractivity contribution in [3.05, 3.63) is 18.2 Å². The van der Waals surface area contributed by atoms with Crippen LogP contribution in [0.5, 0.6) is 0 Å².